The molecule has 18 heavy (non-hydrogen) atoms. The molecule has 0 radical (unpaired) electrons. The van der Waals surface area contributed by atoms with Gasteiger partial charge in [-0.15, -0.1) is 0 Å². The molecule has 0 aliphatic carbocycles. The van der Waals surface area contributed by atoms with Gasteiger partial charge in [-0.25, -0.2) is 4.98 Å². The van der Waals surface area contributed by atoms with Crippen molar-refractivity contribution in [2.45, 2.75) is 13.3 Å². The highest BCUT2D eigenvalue weighted by Crippen LogP contribution is 2.18. The Morgan fingerprint density at radius 2 is 2.06 bits per heavy atom. The Morgan fingerprint density at radius 1 is 1.17 bits per heavy atom. The molecule has 96 valence electrons. The Labute approximate surface area is 107 Å². The van der Waals surface area contributed by atoms with E-state index in [1.807, 2.05) is 23.7 Å². The van der Waals surface area contributed by atoms with Crippen molar-refractivity contribution in [3.05, 3.63) is 24.0 Å². The monoisotopic (exact) mass is 245 g/mol. The van der Waals surface area contributed by atoms with Crippen molar-refractivity contribution < 1.29 is 0 Å². The summed E-state index contributed by atoms with van der Waals surface area (Å²) in [6.07, 6.45) is 3.01. The fourth-order valence-corrected chi connectivity index (χ4v) is 2.52. The lowest BCUT2D eigenvalue weighted by molar-refractivity contribution is 0.360. The largest absolute Gasteiger partial charge is 0.355 e. The summed E-state index contributed by atoms with van der Waals surface area (Å²) in [5.41, 5.74) is 1.98. The topological polar surface area (TPSA) is 36.7 Å². The number of anilines is 1. The van der Waals surface area contributed by atoms with Crippen LogP contribution < -0.4 is 4.90 Å². The lowest BCUT2D eigenvalue weighted by atomic mass is 10.3. The van der Waals surface area contributed by atoms with E-state index in [1.54, 1.807) is 0 Å². The summed E-state index contributed by atoms with van der Waals surface area (Å²) in [6.45, 7) is 6.45. The third-order valence-electron chi connectivity index (χ3n) is 3.51. The number of aryl methyl sites for hydroxylation is 1. The van der Waals surface area contributed by atoms with Gasteiger partial charge < -0.3 is 9.80 Å². The van der Waals surface area contributed by atoms with Crippen molar-refractivity contribution in [3.63, 3.8) is 0 Å². The van der Waals surface area contributed by atoms with Crippen LogP contribution in [0.3, 0.4) is 0 Å². The molecule has 0 unspecified atom stereocenters. The molecule has 0 saturated carbocycles. The summed E-state index contributed by atoms with van der Waals surface area (Å²) in [7, 11) is 2.19. The van der Waals surface area contributed by atoms with E-state index >= 15 is 0 Å². The van der Waals surface area contributed by atoms with Crippen LogP contribution >= 0.6 is 0 Å². The third-order valence-corrected chi connectivity index (χ3v) is 3.51. The molecule has 0 spiro atoms. The van der Waals surface area contributed by atoms with E-state index in [-0.39, 0.29) is 0 Å². The van der Waals surface area contributed by atoms with Crippen molar-refractivity contribution in [1.82, 2.24) is 19.5 Å². The van der Waals surface area contributed by atoms with Crippen LogP contribution in [-0.2, 0) is 0 Å². The zero-order valence-electron chi connectivity index (χ0n) is 11.0. The molecule has 0 amide bonds. The minimum absolute atomic E-state index is 0.933. The number of aromatic nitrogens is 3. The second-order valence-electron chi connectivity index (χ2n) is 5.00. The molecule has 2 aromatic heterocycles. The maximum atomic E-state index is 4.49. The van der Waals surface area contributed by atoms with Crippen LogP contribution in [0, 0.1) is 6.92 Å². The first-order valence-corrected chi connectivity index (χ1v) is 6.49. The smallest absolute Gasteiger partial charge is 0.157 e. The number of rotatable bonds is 1. The van der Waals surface area contributed by atoms with E-state index in [2.05, 4.69) is 33.0 Å². The Balaban J connectivity index is 1.99. The molecule has 5 heteroatoms. The predicted molar refractivity (Wildman–Crippen MR) is 72.1 cm³/mol. The van der Waals surface area contributed by atoms with Crippen LogP contribution in [-0.4, -0.2) is 52.7 Å². The second-order valence-corrected chi connectivity index (χ2v) is 5.00. The van der Waals surface area contributed by atoms with E-state index in [0.29, 0.717) is 0 Å². The molecule has 5 nitrogen and oxygen atoms in total. The molecule has 0 atom stereocenters. The average Bonchev–Trinajstić information content (AvgIpc) is 2.70. The quantitative estimate of drug-likeness (QED) is 0.756. The first-order chi connectivity index (χ1) is 8.74. The van der Waals surface area contributed by atoms with Crippen molar-refractivity contribution in [3.8, 4) is 0 Å². The maximum Gasteiger partial charge on any atom is 0.157 e. The van der Waals surface area contributed by atoms with Crippen LogP contribution in [0.5, 0.6) is 0 Å². The maximum absolute atomic E-state index is 4.49. The zero-order valence-corrected chi connectivity index (χ0v) is 11.0. The Hall–Kier alpha value is -1.62. The third kappa shape index (κ3) is 2.06. The lowest BCUT2D eigenvalue weighted by Crippen LogP contribution is -2.30. The van der Waals surface area contributed by atoms with Crippen molar-refractivity contribution in [2.24, 2.45) is 0 Å². The molecule has 0 N–H and O–H groups in total. The Morgan fingerprint density at radius 3 is 2.94 bits per heavy atom. The number of hydrogen-bond acceptors (Lipinski definition) is 4. The van der Waals surface area contributed by atoms with Crippen LogP contribution in [0.1, 0.15) is 12.1 Å². The highest BCUT2D eigenvalue weighted by atomic mass is 15.4. The summed E-state index contributed by atoms with van der Waals surface area (Å²) < 4.78 is 1.94. The van der Waals surface area contributed by atoms with Crippen molar-refractivity contribution >= 4 is 11.5 Å². The zero-order chi connectivity index (χ0) is 12.5. The van der Waals surface area contributed by atoms with Gasteiger partial charge in [-0.05, 0) is 26.9 Å². The van der Waals surface area contributed by atoms with E-state index in [1.165, 1.54) is 13.0 Å². The van der Waals surface area contributed by atoms with Gasteiger partial charge in [0, 0.05) is 37.5 Å². The normalized spacial score (nSPS) is 18.2. The number of likely N-dealkylation sites (N-methyl/N-ethyl adjacent to an activating group) is 1. The molecule has 2 aromatic rings. The SMILES string of the molecule is Cc1cc(N2CCCN(C)CC2)n2nccc2n1. The Bertz CT molecular complexity index is 547. The van der Waals surface area contributed by atoms with Crippen LogP contribution in [0.2, 0.25) is 0 Å². The lowest BCUT2D eigenvalue weighted by Gasteiger charge is -2.23. The summed E-state index contributed by atoms with van der Waals surface area (Å²) in [5.74, 6) is 1.16. The molecular weight excluding hydrogens is 226 g/mol. The minimum atomic E-state index is 0.933. The predicted octanol–water partition coefficient (Wildman–Crippen LogP) is 1.18. The number of nitrogens with zero attached hydrogens (tertiary/aromatic N) is 5. The Kier molecular flexibility index (Phi) is 2.91. The molecule has 0 aromatic carbocycles. The van der Waals surface area contributed by atoms with E-state index in [0.717, 1.165) is 36.8 Å². The summed E-state index contributed by atoms with van der Waals surface area (Å²) in [6, 6.07) is 4.09. The highest BCUT2D eigenvalue weighted by molar-refractivity contribution is 5.50. The minimum Gasteiger partial charge on any atom is -0.355 e. The van der Waals surface area contributed by atoms with Crippen molar-refractivity contribution in [2.75, 3.05) is 38.1 Å². The van der Waals surface area contributed by atoms with Crippen LogP contribution in [0.4, 0.5) is 5.82 Å². The van der Waals surface area contributed by atoms with Gasteiger partial charge in [-0.1, -0.05) is 0 Å². The van der Waals surface area contributed by atoms with Gasteiger partial charge in [0.2, 0.25) is 0 Å². The van der Waals surface area contributed by atoms with Crippen LogP contribution in [0.25, 0.3) is 5.65 Å². The standard InChI is InChI=1S/C13H19N5/c1-11-10-13(18-12(15-11)4-5-14-18)17-7-3-6-16(2)8-9-17/h4-5,10H,3,6-9H2,1-2H3. The van der Waals surface area contributed by atoms with Gasteiger partial charge >= 0.3 is 0 Å². The molecule has 3 rings (SSSR count). The van der Waals surface area contributed by atoms with Gasteiger partial charge in [-0.2, -0.15) is 9.61 Å². The summed E-state index contributed by atoms with van der Waals surface area (Å²) in [4.78, 5) is 9.29. The molecule has 1 saturated heterocycles. The number of hydrogen-bond donors (Lipinski definition) is 0. The van der Waals surface area contributed by atoms with Gasteiger partial charge in [0.15, 0.2) is 5.65 Å². The molecule has 1 aliphatic rings. The van der Waals surface area contributed by atoms with E-state index in [9.17, 15) is 0 Å². The molecule has 1 aliphatic heterocycles. The fourth-order valence-electron chi connectivity index (χ4n) is 2.52. The van der Waals surface area contributed by atoms with Gasteiger partial charge in [-0.3, -0.25) is 0 Å². The summed E-state index contributed by atoms with van der Waals surface area (Å²) >= 11 is 0. The highest BCUT2D eigenvalue weighted by Gasteiger charge is 2.16. The second kappa shape index (κ2) is 4.57. The fraction of sp³-hybridized carbons (Fsp3) is 0.538. The molecule has 0 bridgehead atoms. The average molecular weight is 245 g/mol. The van der Waals surface area contributed by atoms with E-state index < -0.39 is 0 Å². The van der Waals surface area contributed by atoms with Gasteiger partial charge in [0.1, 0.15) is 5.82 Å². The van der Waals surface area contributed by atoms with Crippen LogP contribution in [0.15, 0.2) is 18.3 Å². The van der Waals surface area contributed by atoms with Crippen molar-refractivity contribution in [1.29, 1.82) is 0 Å². The first-order valence-electron chi connectivity index (χ1n) is 6.49. The molecule has 3 heterocycles. The first kappa shape index (κ1) is 11.5. The van der Waals surface area contributed by atoms with Gasteiger partial charge in [0.25, 0.3) is 0 Å². The molecule has 1 fully saturated rings. The summed E-state index contributed by atoms with van der Waals surface area (Å²) in [5, 5.41) is 4.38. The number of fused-ring (bicyclic) bond motifs is 1. The van der Waals surface area contributed by atoms with Gasteiger partial charge in [0.05, 0.1) is 6.20 Å². The van der Waals surface area contributed by atoms with E-state index in [4.69, 9.17) is 0 Å². The molecular formula is C13H19N5.